The van der Waals surface area contributed by atoms with Crippen LogP contribution in [0.1, 0.15) is 35.7 Å². The second kappa shape index (κ2) is 3.48. The maximum atomic E-state index is 11.9. The molecule has 1 aliphatic carbocycles. The summed E-state index contributed by atoms with van der Waals surface area (Å²) in [7, 11) is 0. The summed E-state index contributed by atoms with van der Waals surface area (Å²) >= 11 is 0. The molecule has 2 aromatic rings. The van der Waals surface area contributed by atoms with Crippen LogP contribution in [0.2, 0.25) is 0 Å². The Hall–Kier alpha value is -2.04. The molecule has 0 spiro atoms. The van der Waals surface area contributed by atoms with Crippen molar-refractivity contribution in [2.45, 2.75) is 25.3 Å². The molecule has 1 fully saturated rings. The number of imidazole rings is 1. The highest BCUT2D eigenvalue weighted by molar-refractivity contribution is 6.00. The first-order valence-corrected chi connectivity index (χ1v) is 5.65. The van der Waals surface area contributed by atoms with E-state index < -0.39 is 5.97 Å². The Bertz CT molecular complexity index is 649. The average Bonchev–Trinajstić information content (AvgIpc) is 2.53. The third-order valence-electron chi connectivity index (χ3n) is 3.42. The van der Waals surface area contributed by atoms with Crippen molar-refractivity contribution in [1.82, 2.24) is 9.55 Å². The van der Waals surface area contributed by atoms with Gasteiger partial charge in [-0.1, -0.05) is 6.07 Å². The van der Waals surface area contributed by atoms with E-state index >= 15 is 0 Å². The Morgan fingerprint density at radius 2 is 2.18 bits per heavy atom. The minimum Gasteiger partial charge on any atom is -0.478 e. The molecule has 3 rings (SSSR count). The Morgan fingerprint density at radius 1 is 1.41 bits per heavy atom. The molecule has 1 heterocycles. The largest absolute Gasteiger partial charge is 0.478 e. The Labute approximate surface area is 96.7 Å². The molecule has 5 heteroatoms. The van der Waals surface area contributed by atoms with Crippen LogP contribution >= 0.6 is 0 Å². The van der Waals surface area contributed by atoms with Crippen LogP contribution in [0.5, 0.6) is 0 Å². The Kier molecular flexibility index (Phi) is 2.07. The van der Waals surface area contributed by atoms with E-state index in [0.29, 0.717) is 11.0 Å². The van der Waals surface area contributed by atoms with Crippen LogP contribution < -0.4 is 5.69 Å². The van der Waals surface area contributed by atoms with Crippen molar-refractivity contribution in [2.24, 2.45) is 0 Å². The van der Waals surface area contributed by atoms with E-state index in [1.54, 1.807) is 16.7 Å². The minimum absolute atomic E-state index is 0.151. The monoisotopic (exact) mass is 232 g/mol. The van der Waals surface area contributed by atoms with Crippen molar-refractivity contribution in [1.29, 1.82) is 0 Å². The lowest BCUT2D eigenvalue weighted by atomic mass is 9.93. The van der Waals surface area contributed by atoms with Gasteiger partial charge in [0, 0.05) is 6.04 Å². The van der Waals surface area contributed by atoms with Gasteiger partial charge in [-0.25, -0.2) is 9.59 Å². The maximum absolute atomic E-state index is 11.9. The van der Waals surface area contributed by atoms with Gasteiger partial charge in [0.1, 0.15) is 0 Å². The number of aromatic carboxylic acids is 1. The molecule has 17 heavy (non-hydrogen) atoms. The van der Waals surface area contributed by atoms with Gasteiger partial charge in [0.25, 0.3) is 0 Å². The number of aromatic amines is 1. The summed E-state index contributed by atoms with van der Waals surface area (Å²) in [6.07, 6.45) is 3.11. The third kappa shape index (κ3) is 1.39. The topological polar surface area (TPSA) is 75.1 Å². The van der Waals surface area contributed by atoms with Crippen molar-refractivity contribution in [3.63, 3.8) is 0 Å². The van der Waals surface area contributed by atoms with Gasteiger partial charge < -0.3 is 10.1 Å². The molecular formula is C12H12N2O3. The van der Waals surface area contributed by atoms with E-state index in [1.807, 2.05) is 0 Å². The van der Waals surface area contributed by atoms with E-state index in [-0.39, 0.29) is 17.3 Å². The first-order chi connectivity index (χ1) is 8.18. The van der Waals surface area contributed by atoms with E-state index in [2.05, 4.69) is 4.98 Å². The van der Waals surface area contributed by atoms with E-state index in [4.69, 9.17) is 5.11 Å². The van der Waals surface area contributed by atoms with Gasteiger partial charge in [0.15, 0.2) is 0 Å². The summed E-state index contributed by atoms with van der Waals surface area (Å²) in [5, 5.41) is 9.06. The summed E-state index contributed by atoms with van der Waals surface area (Å²) < 4.78 is 1.69. The van der Waals surface area contributed by atoms with Crippen LogP contribution in [0.3, 0.4) is 0 Å². The van der Waals surface area contributed by atoms with Gasteiger partial charge in [-0.2, -0.15) is 0 Å². The first kappa shape index (κ1) is 10.1. The SMILES string of the molecule is O=C(O)c1cccc2c1[nH]c(=O)n2C1CCC1. The highest BCUT2D eigenvalue weighted by atomic mass is 16.4. The summed E-state index contributed by atoms with van der Waals surface area (Å²) in [6, 6.07) is 5.19. The number of carboxylic acid groups (broad SMARTS) is 1. The molecule has 0 radical (unpaired) electrons. The van der Waals surface area contributed by atoms with Gasteiger partial charge in [0.2, 0.25) is 0 Å². The standard InChI is InChI=1S/C12H12N2O3/c15-11(16)8-5-2-6-9-10(8)13-12(17)14(9)7-3-1-4-7/h2,5-7H,1,3-4H2,(H,13,17)(H,15,16). The van der Waals surface area contributed by atoms with Crippen molar-refractivity contribution in [2.75, 3.05) is 0 Å². The van der Waals surface area contributed by atoms with Crippen LogP contribution in [0.4, 0.5) is 0 Å². The number of hydrogen-bond acceptors (Lipinski definition) is 2. The van der Waals surface area contributed by atoms with Crippen LogP contribution in [-0.2, 0) is 0 Å². The summed E-state index contributed by atoms with van der Waals surface area (Å²) in [4.78, 5) is 25.6. The molecule has 0 bridgehead atoms. The minimum atomic E-state index is -1.02. The maximum Gasteiger partial charge on any atom is 0.337 e. The fourth-order valence-electron chi connectivity index (χ4n) is 2.33. The molecule has 88 valence electrons. The molecular weight excluding hydrogens is 220 g/mol. The number of aromatic nitrogens is 2. The van der Waals surface area contributed by atoms with Crippen molar-refractivity contribution < 1.29 is 9.90 Å². The molecule has 1 aromatic heterocycles. The average molecular weight is 232 g/mol. The second-order valence-corrected chi connectivity index (χ2v) is 4.39. The summed E-state index contributed by atoms with van der Waals surface area (Å²) in [5.41, 5.74) is 1.06. The van der Waals surface area contributed by atoms with Gasteiger partial charge >= 0.3 is 11.7 Å². The third-order valence-corrected chi connectivity index (χ3v) is 3.42. The summed E-state index contributed by atoms with van der Waals surface area (Å²) in [6.45, 7) is 0. The lowest BCUT2D eigenvalue weighted by Crippen LogP contribution is -2.26. The Balaban J connectivity index is 2.30. The normalized spacial score (nSPS) is 16.0. The molecule has 2 N–H and O–H groups in total. The molecule has 1 aromatic carbocycles. The lowest BCUT2D eigenvalue weighted by Gasteiger charge is -2.26. The fraction of sp³-hybridized carbons (Fsp3) is 0.333. The van der Waals surface area contributed by atoms with Gasteiger partial charge in [-0.15, -0.1) is 0 Å². The number of para-hydroxylation sites is 1. The zero-order chi connectivity index (χ0) is 12.0. The number of benzene rings is 1. The quantitative estimate of drug-likeness (QED) is 0.828. The molecule has 0 unspecified atom stereocenters. The number of carbonyl (C=O) groups is 1. The van der Waals surface area contributed by atoms with Crippen molar-refractivity contribution in [3.8, 4) is 0 Å². The molecule has 5 nitrogen and oxygen atoms in total. The van der Waals surface area contributed by atoms with E-state index in [9.17, 15) is 9.59 Å². The number of fused-ring (bicyclic) bond motifs is 1. The molecule has 0 saturated heterocycles. The highest BCUT2D eigenvalue weighted by Gasteiger charge is 2.24. The predicted octanol–water partition coefficient (Wildman–Crippen LogP) is 1.75. The van der Waals surface area contributed by atoms with Gasteiger partial charge in [0.05, 0.1) is 16.6 Å². The van der Waals surface area contributed by atoms with Gasteiger partial charge in [-0.3, -0.25) is 4.57 Å². The second-order valence-electron chi connectivity index (χ2n) is 4.39. The Morgan fingerprint density at radius 3 is 2.76 bits per heavy atom. The first-order valence-electron chi connectivity index (χ1n) is 5.65. The predicted molar refractivity (Wildman–Crippen MR) is 62.4 cm³/mol. The number of hydrogen-bond donors (Lipinski definition) is 2. The van der Waals surface area contributed by atoms with E-state index in [0.717, 1.165) is 19.3 Å². The van der Waals surface area contributed by atoms with Crippen LogP contribution in [0, 0.1) is 0 Å². The zero-order valence-electron chi connectivity index (χ0n) is 9.14. The summed E-state index contributed by atoms with van der Waals surface area (Å²) in [5.74, 6) is -1.02. The van der Waals surface area contributed by atoms with Gasteiger partial charge in [-0.05, 0) is 31.4 Å². The van der Waals surface area contributed by atoms with Crippen LogP contribution in [-0.4, -0.2) is 20.6 Å². The number of H-pyrrole nitrogens is 1. The number of rotatable bonds is 2. The molecule has 0 atom stereocenters. The number of nitrogens with one attached hydrogen (secondary N) is 1. The fourth-order valence-corrected chi connectivity index (χ4v) is 2.33. The molecule has 0 amide bonds. The smallest absolute Gasteiger partial charge is 0.337 e. The number of carboxylic acids is 1. The lowest BCUT2D eigenvalue weighted by molar-refractivity contribution is 0.0699. The molecule has 1 saturated carbocycles. The van der Waals surface area contributed by atoms with Crippen LogP contribution in [0.15, 0.2) is 23.0 Å². The van der Waals surface area contributed by atoms with Crippen molar-refractivity contribution >= 4 is 17.0 Å². The van der Waals surface area contributed by atoms with E-state index in [1.165, 1.54) is 6.07 Å². The highest BCUT2D eigenvalue weighted by Crippen LogP contribution is 2.32. The van der Waals surface area contributed by atoms with Crippen LogP contribution in [0.25, 0.3) is 11.0 Å². The van der Waals surface area contributed by atoms with Crippen molar-refractivity contribution in [3.05, 3.63) is 34.2 Å². The molecule has 1 aliphatic rings. The zero-order valence-corrected chi connectivity index (χ0v) is 9.14. The number of nitrogens with zero attached hydrogens (tertiary/aromatic N) is 1. The molecule has 0 aliphatic heterocycles.